The Labute approximate surface area is 128 Å². The summed E-state index contributed by atoms with van der Waals surface area (Å²) in [6, 6.07) is 13.5. The van der Waals surface area contributed by atoms with E-state index in [9.17, 15) is 9.59 Å². The fraction of sp³-hybridized carbons (Fsp3) is 0.125. The second kappa shape index (κ2) is 7.12. The minimum atomic E-state index is -0.585. The third-order valence-electron chi connectivity index (χ3n) is 3.04. The van der Waals surface area contributed by atoms with Crippen molar-refractivity contribution in [3.8, 4) is 5.75 Å². The summed E-state index contributed by atoms with van der Waals surface area (Å²) in [6.45, 7) is 0.323. The molecule has 0 bridgehead atoms. The SMILES string of the molecule is COc1ccccc1NC(=O)c1ccc(CNC(N)=O)cc1. The Morgan fingerprint density at radius 3 is 2.41 bits per heavy atom. The van der Waals surface area contributed by atoms with Gasteiger partial charge in [-0.15, -0.1) is 0 Å². The number of amides is 3. The number of para-hydroxylation sites is 2. The van der Waals surface area contributed by atoms with Crippen molar-refractivity contribution in [1.29, 1.82) is 0 Å². The molecule has 2 aromatic carbocycles. The number of carbonyl (C=O) groups excluding carboxylic acids is 2. The number of hydrogen-bond acceptors (Lipinski definition) is 3. The first-order valence-corrected chi connectivity index (χ1v) is 6.67. The van der Waals surface area contributed by atoms with Crippen molar-refractivity contribution in [2.24, 2.45) is 5.73 Å². The zero-order chi connectivity index (χ0) is 15.9. The second-order valence-electron chi connectivity index (χ2n) is 4.57. The molecule has 0 aliphatic rings. The number of rotatable bonds is 5. The molecule has 2 aromatic rings. The highest BCUT2D eigenvalue weighted by atomic mass is 16.5. The average Bonchev–Trinajstić information content (AvgIpc) is 2.54. The van der Waals surface area contributed by atoms with E-state index in [0.29, 0.717) is 23.5 Å². The summed E-state index contributed by atoms with van der Waals surface area (Å²) in [5.41, 5.74) is 6.97. The lowest BCUT2D eigenvalue weighted by Crippen LogP contribution is -2.28. The normalized spacial score (nSPS) is 9.86. The van der Waals surface area contributed by atoms with Gasteiger partial charge >= 0.3 is 6.03 Å². The van der Waals surface area contributed by atoms with Crippen LogP contribution < -0.4 is 21.1 Å². The van der Waals surface area contributed by atoms with Gasteiger partial charge in [-0.05, 0) is 29.8 Å². The highest BCUT2D eigenvalue weighted by molar-refractivity contribution is 6.05. The van der Waals surface area contributed by atoms with Gasteiger partial charge < -0.3 is 21.1 Å². The number of carbonyl (C=O) groups is 2. The number of primary amides is 1. The molecule has 0 atom stereocenters. The molecule has 0 spiro atoms. The summed E-state index contributed by atoms with van der Waals surface area (Å²) in [5, 5.41) is 5.28. The van der Waals surface area contributed by atoms with Crippen LogP contribution >= 0.6 is 0 Å². The molecule has 0 saturated carbocycles. The first-order chi connectivity index (χ1) is 10.6. The Balaban J connectivity index is 2.05. The third-order valence-corrected chi connectivity index (χ3v) is 3.04. The van der Waals surface area contributed by atoms with Crippen molar-refractivity contribution in [2.75, 3.05) is 12.4 Å². The Hall–Kier alpha value is -3.02. The number of nitrogens with one attached hydrogen (secondary N) is 2. The maximum atomic E-state index is 12.2. The zero-order valence-electron chi connectivity index (χ0n) is 12.1. The molecule has 0 fully saturated rings. The molecule has 6 heteroatoms. The summed E-state index contributed by atoms with van der Waals surface area (Å²) in [6.07, 6.45) is 0. The topological polar surface area (TPSA) is 93.4 Å². The van der Waals surface area contributed by atoms with E-state index in [4.69, 9.17) is 10.5 Å². The molecule has 0 unspecified atom stereocenters. The Morgan fingerprint density at radius 2 is 1.77 bits per heavy atom. The van der Waals surface area contributed by atoms with Gasteiger partial charge in [-0.3, -0.25) is 4.79 Å². The summed E-state index contributed by atoms with van der Waals surface area (Å²) >= 11 is 0. The molecule has 3 amide bonds. The van der Waals surface area contributed by atoms with E-state index in [2.05, 4.69) is 10.6 Å². The van der Waals surface area contributed by atoms with Crippen molar-refractivity contribution >= 4 is 17.6 Å². The molecule has 0 saturated heterocycles. The number of methoxy groups -OCH3 is 1. The van der Waals surface area contributed by atoms with E-state index in [1.807, 2.05) is 12.1 Å². The molecule has 22 heavy (non-hydrogen) atoms. The van der Waals surface area contributed by atoms with E-state index in [-0.39, 0.29) is 5.91 Å². The highest BCUT2D eigenvalue weighted by Gasteiger charge is 2.09. The fourth-order valence-electron chi connectivity index (χ4n) is 1.91. The molecule has 4 N–H and O–H groups in total. The Kier molecular flexibility index (Phi) is 4.98. The van der Waals surface area contributed by atoms with Gasteiger partial charge in [-0.25, -0.2) is 4.79 Å². The summed E-state index contributed by atoms with van der Waals surface area (Å²) in [4.78, 5) is 22.8. The van der Waals surface area contributed by atoms with Gasteiger partial charge in [-0.1, -0.05) is 24.3 Å². The second-order valence-corrected chi connectivity index (χ2v) is 4.57. The zero-order valence-corrected chi connectivity index (χ0v) is 12.1. The maximum absolute atomic E-state index is 12.2. The van der Waals surface area contributed by atoms with E-state index in [0.717, 1.165) is 5.56 Å². The minimum absolute atomic E-state index is 0.237. The molecule has 0 heterocycles. The van der Waals surface area contributed by atoms with Crippen LogP contribution in [0.15, 0.2) is 48.5 Å². The monoisotopic (exact) mass is 299 g/mol. The summed E-state index contributed by atoms with van der Waals surface area (Å²) in [7, 11) is 1.55. The lowest BCUT2D eigenvalue weighted by Gasteiger charge is -2.10. The quantitative estimate of drug-likeness (QED) is 0.789. The maximum Gasteiger partial charge on any atom is 0.312 e. The molecule has 0 aromatic heterocycles. The smallest absolute Gasteiger partial charge is 0.312 e. The number of hydrogen-bond donors (Lipinski definition) is 3. The van der Waals surface area contributed by atoms with E-state index >= 15 is 0 Å². The van der Waals surface area contributed by atoms with Gasteiger partial charge in [0.05, 0.1) is 12.8 Å². The van der Waals surface area contributed by atoms with Gasteiger partial charge in [0.1, 0.15) is 5.75 Å². The molecule has 2 rings (SSSR count). The first kappa shape index (κ1) is 15.4. The average molecular weight is 299 g/mol. The van der Waals surface area contributed by atoms with Crippen LogP contribution in [0.5, 0.6) is 5.75 Å². The number of nitrogens with two attached hydrogens (primary N) is 1. The van der Waals surface area contributed by atoms with Gasteiger partial charge in [0.2, 0.25) is 0 Å². The number of urea groups is 1. The van der Waals surface area contributed by atoms with Crippen LogP contribution in [0.3, 0.4) is 0 Å². The molecule has 0 aliphatic heterocycles. The number of ether oxygens (including phenoxy) is 1. The Morgan fingerprint density at radius 1 is 1.09 bits per heavy atom. The van der Waals surface area contributed by atoms with Crippen LogP contribution in [-0.4, -0.2) is 19.0 Å². The summed E-state index contributed by atoms with van der Waals surface area (Å²) < 4.78 is 5.19. The first-order valence-electron chi connectivity index (χ1n) is 6.67. The summed E-state index contributed by atoms with van der Waals surface area (Å²) in [5.74, 6) is 0.358. The minimum Gasteiger partial charge on any atom is -0.495 e. The van der Waals surface area contributed by atoms with Gasteiger partial charge in [0, 0.05) is 12.1 Å². The van der Waals surface area contributed by atoms with Crippen molar-refractivity contribution in [3.63, 3.8) is 0 Å². The largest absolute Gasteiger partial charge is 0.495 e. The molecular formula is C16H17N3O3. The highest BCUT2D eigenvalue weighted by Crippen LogP contribution is 2.23. The third kappa shape index (κ3) is 3.99. The molecular weight excluding hydrogens is 282 g/mol. The standard InChI is InChI=1S/C16H17N3O3/c1-22-14-5-3-2-4-13(14)19-15(20)12-8-6-11(7-9-12)10-18-16(17)21/h2-9H,10H2,1H3,(H,19,20)(H3,17,18,21). The number of anilines is 1. The van der Waals surface area contributed by atoms with Crippen LogP contribution in [0, 0.1) is 0 Å². The van der Waals surface area contributed by atoms with Crippen molar-refractivity contribution in [3.05, 3.63) is 59.7 Å². The number of benzene rings is 2. The van der Waals surface area contributed by atoms with Gasteiger partial charge in [0.25, 0.3) is 5.91 Å². The van der Waals surface area contributed by atoms with Crippen molar-refractivity contribution < 1.29 is 14.3 Å². The van der Waals surface area contributed by atoms with Crippen LogP contribution in [0.4, 0.5) is 10.5 Å². The van der Waals surface area contributed by atoms with Gasteiger partial charge in [0.15, 0.2) is 0 Å². The van der Waals surface area contributed by atoms with Crippen LogP contribution in [-0.2, 0) is 6.54 Å². The van der Waals surface area contributed by atoms with Crippen LogP contribution in [0.25, 0.3) is 0 Å². The lowest BCUT2D eigenvalue weighted by atomic mass is 10.1. The predicted octanol–water partition coefficient (Wildman–Crippen LogP) is 2.12. The van der Waals surface area contributed by atoms with Crippen LogP contribution in [0.1, 0.15) is 15.9 Å². The lowest BCUT2D eigenvalue weighted by molar-refractivity contribution is 0.102. The fourth-order valence-corrected chi connectivity index (χ4v) is 1.91. The molecule has 0 aliphatic carbocycles. The van der Waals surface area contributed by atoms with Crippen molar-refractivity contribution in [1.82, 2.24) is 5.32 Å². The van der Waals surface area contributed by atoms with Gasteiger partial charge in [-0.2, -0.15) is 0 Å². The molecule has 114 valence electrons. The van der Waals surface area contributed by atoms with E-state index in [1.165, 1.54) is 0 Å². The molecule has 6 nitrogen and oxygen atoms in total. The molecule has 0 radical (unpaired) electrons. The van der Waals surface area contributed by atoms with Crippen LogP contribution in [0.2, 0.25) is 0 Å². The predicted molar refractivity (Wildman–Crippen MR) is 83.8 cm³/mol. The van der Waals surface area contributed by atoms with E-state index < -0.39 is 6.03 Å². The Bertz CT molecular complexity index is 669. The van der Waals surface area contributed by atoms with Crippen molar-refractivity contribution in [2.45, 2.75) is 6.54 Å². The van der Waals surface area contributed by atoms with E-state index in [1.54, 1.807) is 43.5 Å².